The Morgan fingerprint density at radius 2 is 1.94 bits per heavy atom. The van der Waals surface area contributed by atoms with E-state index < -0.39 is 12.0 Å². The average Bonchev–Trinajstić information content (AvgIpc) is 2.14. The molecular formula is C12H15NO3. The van der Waals surface area contributed by atoms with Crippen LogP contribution in [0.1, 0.15) is 29.2 Å². The predicted molar refractivity (Wildman–Crippen MR) is 60.1 cm³/mol. The highest BCUT2D eigenvalue weighted by molar-refractivity contribution is 5.68. The van der Waals surface area contributed by atoms with E-state index in [1.165, 1.54) is 0 Å². The van der Waals surface area contributed by atoms with Crippen molar-refractivity contribution >= 4 is 12.4 Å². The fourth-order valence-corrected chi connectivity index (χ4v) is 1.74. The Hall–Kier alpha value is -1.84. The maximum absolute atomic E-state index is 10.7. The van der Waals surface area contributed by atoms with Crippen LogP contribution in [0.25, 0.3) is 0 Å². The number of aryl methyl sites for hydroxylation is 2. The van der Waals surface area contributed by atoms with Crippen LogP contribution in [-0.4, -0.2) is 17.5 Å². The summed E-state index contributed by atoms with van der Waals surface area (Å²) < 4.78 is 0. The number of rotatable bonds is 5. The lowest BCUT2D eigenvalue weighted by Crippen LogP contribution is -2.22. The Bertz CT molecular complexity index is 381. The van der Waals surface area contributed by atoms with Gasteiger partial charge in [0.15, 0.2) is 0 Å². The molecule has 0 radical (unpaired) electrons. The summed E-state index contributed by atoms with van der Waals surface area (Å²) in [6, 6.07) is 5.31. The summed E-state index contributed by atoms with van der Waals surface area (Å²) in [6.07, 6.45) is 0.424. The molecule has 4 nitrogen and oxygen atoms in total. The van der Waals surface area contributed by atoms with Gasteiger partial charge in [0.2, 0.25) is 6.41 Å². The van der Waals surface area contributed by atoms with Crippen LogP contribution in [0.3, 0.4) is 0 Å². The molecule has 86 valence electrons. The second kappa shape index (κ2) is 5.30. The summed E-state index contributed by atoms with van der Waals surface area (Å²) in [5, 5.41) is 11.3. The van der Waals surface area contributed by atoms with Crippen LogP contribution in [0.2, 0.25) is 0 Å². The van der Waals surface area contributed by atoms with Crippen molar-refractivity contribution < 1.29 is 14.7 Å². The van der Waals surface area contributed by atoms with Gasteiger partial charge < -0.3 is 10.4 Å². The zero-order valence-electron chi connectivity index (χ0n) is 9.36. The Labute approximate surface area is 94.3 Å². The zero-order chi connectivity index (χ0) is 12.1. The highest BCUT2D eigenvalue weighted by atomic mass is 16.4. The summed E-state index contributed by atoms with van der Waals surface area (Å²) in [7, 11) is 0. The van der Waals surface area contributed by atoms with Crippen LogP contribution in [0, 0.1) is 13.8 Å². The monoisotopic (exact) mass is 221 g/mol. The summed E-state index contributed by atoms with van der Waals surface area (Å²) >= 11 is 0. The number of carboxylic acids is 1. The maximum atomic E-state index is 10.7. The van der Waals surface area contributed by atoms with Crippen molar-refractivity contribution in [3.63, 3.8) is 0 Å². The second-order valence-corrected chi connectivity index (χ2v) is 3.86. The van der Waals surface area contributed by atoms with Gasteiger partial charge in [0.05, 0.1) is 12.5 Å². The normalized spacial score (nSPS) is 11.9. The number of hydrogen-bond acceptors (Lipinski definition) is 2. The number of amides is 1. The van der Waals surface area contributed by atoms with Crippen LogP contribution in [0.15, 0.2) is 18.2 Å². The van der Waals surface area contributed by atoms with Crippen molar-refractivity contribution in [3.8, 4) is 0 Å². The third-order valence-corrected chi connectivity index (χ3v) is 2.29. The molecule has 0 aromatic heterocycles. The highest BCUT2D eigenvalue weighted by Crippen LogP contribution is 2.19. The minimum Gasteiger partial charge on any atom is -0.481 e. The Morgan fingerprint density at radius 1 is 1.38 bits per heavy atom. The summed E-state index contributed by atoms with van der Waals surface area (Å²) in [4.78, 5) is 21.1. The SMILES string of the molecule is Cc1cc(C)cc(C(CC(=O)O)NC=O)c1. The molecule has 0 spiro atoms. The fraction of sp³-hybridized carbons (Fsp3) is 0.333. The first-order chi connectivity index (χ1) is 7.52. The molecule has 1 aromatic rings. The van der Waals surface area contributed by atoms with E-state index in [1.807, 2.05) is 32.0 Å². The third kappa shape index (κ3) is 3.38. The lowest BCUT2D eigenvalue weighted by molar-refractivity contribution is -0.137. The zero-order valence-corrected chi connectivity index (χ0v) is 9.36. The summed E-state index contributed by atoms with van der Waals surface area (Å²) in [5.74, 6) is -0.932. The molecule has 16 heavy (non-hydrogen) atoms. The van der Waals surface area contributed by atoms with Gasteiger partial charge in [0.25, 0.3) is 0 Å². The lowest BCUT2D eigenvalue weighted by atomic mass is 9.99. The number of carboxylic acid groups (broad SMARTS) is 1. The number of benzene rings is 1. The van der Waals surface area contributed by atoms with Crippen molar-refractivity contribution in [3.05, 3.63) is 34.9 Å². The number of aliphatic carboxylic acids is 1. The number of nitrogens with one attached hydrogen (secondary N) is 1. The van der Waals surface area contributed by atoms with Gasteiger partial charge in [-0.25, -0.2) is 0 Å². The van der Waals surface area contributed by atoms with E-state index in [-0.39, 0.29) is 6.42 Å². The van der Waals surface area contributed by atoms with Gasteiger partial charge in [0.1, 0.15) is 0 Å². The number of hydrogen-bond donors (Lipinski definition) is 2. The van der Waals surface area contributed by atoms with E-state index in [9.17, 15) is 9.59 Å². The number of carbonyl (C=O) groups excluding carboxylic acids is 1. The molecule has 0 aliphatic heterocycles. The second-order valence-electron chi connectivity index (χ2n) is 3.86. The predicted octanol–water partition coefficient (Wildman–Crippen LogP) is 1.57. The molecule has 0 aliphatic rings. The molecule has 0 aliphatic carbocycles. The molecule has 4 heteroatoms. The molecule has 1 atom stereocenters. The molecule has 0 saturated carbocycles. The van der Waals surface area contributed by atoms with Gasteiger partial charge in [-0.2, -0.15) is 0 Å². The smallest absolute Gasteiger partial charge is 0.305 e. The number of carbonyl (C=O) groups is 2. The maximum Gasteiger partial charge on any atom is 0.305 e. The van der Waals surface area contributed by atoms with Gasteiger partial charge in [-0.05, 0) is 19.4 Å². The third-order valence-electron chi connectivity index (χ3n) is 2.29. The van der Waals surface area contributed by atoms with Crippen molar-refractivity contribution in [1.82, 2.24) is 5.32 Å². The summed E-state index contributed by atoms with van der Waals surface area (Å²) in [5.41, 5.74) is 2.93. The molecular weight excluding hydrogens is 206 g/mol. The first-order valence-corrected chi connectivity index (χ1v) is 5.02. The first-order valence-electron chi connectivity index (χ1n) is 5.02. The van der Waals surface area contributed by atoms with E-state index in [0.29, 0.717) is 6.41 Å². The van der Waals surface area contributed by atoms with E-state index in [1.54, 1.807) is 0 Å². The van der Waals surface area contributed by atoms with Crippen LogP contribution < -0.4 is 5.32 Å². The van der Waals surface area contributed by atoms with Gasteiger partial charge in [-0.1, -0.05) is 29.3 Å². The Morgan fingerprint density at radius 3 is 2.38 bits per heavy atom. The molecule has 0 saturated heterocycles. The van der Waals surface area contributed by atoms with E-state index >= 15 is 0 Å². The standard InChI is InChI=1S/C12H15NO3/c1-8-3-9(2)5-10(4-8)11(13-7-14)6-12(15)16/h3-5,7,11H,6H2,1-2H3,(H,13,14)(H,15,16). The van der Waals surface area contributed by atoms with E-state index in [4.69, 9.17) is 5.11 Å². The largest absolute Gasteiger partial charge is 0.481 e. The lowest BCUT2D eigenvalue weighted by Gasteiger charge is -2.15. The fourth-order valence-electron chi connectivity index (χ4n) is 1.74. The quantitative estimate of drug-likeness (QED) is 0.741. The van der Waals surface area contributed by atoms with Crippen LogP contribution >= 0.6 is 0 Å². The van der Waals surface area contributed by atoms with Crippen LogP contribution in [-0.2, 0) is 9.59 Å². The van der Waals surface area contributed by atoms with E-state index in [2.05, 4.69) is 5.32 Å². The molecule has 1 unspecified atom stereocenters. The van der Waals surface area contributed by atoms with Gasteiger partial charge in [0, 0.05) is 0 Å². The molecule has 1 amide bonds. The van der Waals surface area contributed by atoms with E-state index in [0.717, 1.165) is 16.7 Å². The molecule has 0 heterocycles. The molecule has 1 rings (SSSR count). The van der Waals surface area contributed by atoms with Crippen LogP contribution in [0.5, 0.6) is 0 Å². The van der Waals surface area contributed by atoms with Crippen molar-refractivity contribution in [2.24, 2.45) is 0 Å². The molecule has 0 fully saturated rings. The minimum absolute atomic E-state index is 0.109. The molecule has 0 bridgehead atoms. The Balaban J connectivity index is 2.99. The highest BCUT2D eigenvalue weighted by Gasteiger charge is 2.14. The minimum atomic E-state index is -0.932. The topological polar surface area (TPSA) is 66.4 Å². The summed E-state index contributed by atoms with van der Waals surface area (Å²) in [6.45, 7) is 3.88. The molecule has 1 aromatic carbocycles. The van der Waals surface area contributed by atoms with Gasteiger partial charge >= 0.3 is 5.97 Å². The molecule has 2 N–H and O–H groups in total. The van der Waals surface area contributed by atoms with Crippen LogP contribution in [0.4, 0.5) is 0 Å². The van der Waals surface area contributed by atoms with Crippen molar-refractivity contribution in [1.29, 1.82) is 0 Å². The first kappa shape index (κ1) is 12.2. The van der Waals surface area contributed by atoms with Gasteiger partial charge in [-0.15, -0.1) is 0 Å². The van der Waals surface area contributed by atoms with Crippen molar-refractivity contribution in [2.45, 2.75) is 26.3 Å². The van der Waals surface area contributed by atoms with Crippen molar-refractivity contribution in [2.75, 3.05) is 0 Å². The average molecular weight is 221 g/mol. The van der Waals surface area contributed by atoms with Gasteiger partial charge in [-0.3, -0.25) is 9.59 Å². The Kier molecular flexibility index (Phi) is 4.05.